The van der Waals surface area contributed by atoms with Crippen molar-refractivity contribution in [2.75, 3.05) is 13.2 Å². The van der Waals surface area contributed by atoms with Crippen LogP contribution < -0.4 is 0 Å². The van der Waals surface area contributed by atoms with Crippen LogP contribution in [0.15, 0.2) is 0 Å². The molecule has 0 aliphatic rings. The van der Waals surface area contributed by atoms with Crippen LogP contribution in [-0.4, -0.2) is 25.2 Å². The maximum atomic E-state index is 11.6. The van der Waals surface area contributed by atoms with E-state index in [2.05, 4.69) is 20.8 Å². The highest BCUT2D eigenvalue weighted by atomic mass is 16.5. The second-order valence-electron chi connectivity index (χ2n) is 7.78. The van der Waals surface area contributed by atoms with Gasteiger partial charge in [0, 0.05) is 0 Å². The molecule has 0 heterocycles. The number of ether oxygens (including phenoxy) is 2. The molecule has 160 valence electrons. The van der Waals surface area contributed by atoms with E-state index >= 15 is 0 Å². The van der Waals surface area contributed by atoms with Gasteiger partial charge in [0.25, 0.3) is 0 Å². The largest absolute Gasteiger partial charge is 0.466 e. The van der Waals surface area contributed by atoms with Crippen molar-refractivity contribution in [2.45, 2.75) is 117 Å². The van der Waals surface area contributed by atoms with E-state index in [4.69, 9.17) is 9.47 Å². The lowest BCUT2D eigenvalue weighted by atomic mass is 10.1. The van der Waals surface area contributed by atoms with Gasteiger partial charge in [0.15, 0.2) is 0 Å². The summed E-state index contributed by atoms with van der Waals surface area (Å²) in [6.07, 6.45) is 16.3. The van der Waals surface area contributed by atoms with Crippen molar-refractivity contribution in [1.82, 2.24) is 0 Å². The molecule has 0 rings (SSSR count). The lowest BCUT2D eigenvalue weighted by Gasteiger charge is -2.09. The molecule has 4 heteroatoms. The molecule has 0 bridgehead atoms. The Morgan fingerprint density at radius 3 is 1.59 bits per heavy atom. The quantitative estimate of drug-likeness (QED) is 0.186. The van der Waals surface area contributed by atoms with Crippen LogP contribution in [0.1, 0.15) is 117 Å². The van der Waals surface area contributed by atoms with Crippen molar-refractivity contribution in [2.24, 2.45) is 5.92 Å². The fraction of sp³-hybridized carbons (Fsp3) is 0.913. The highest BCUT2D eigenvalue weighted by Gasteiger charge is 2.09. The number of unbranched alkanes of at least 4 members (excludes halogenated alkanes) is 10. The van der Waals surface area contributed by atoms with Crippen LogP contribution in [0.3, 0.4) is 0 Å². The van der Waals surface area contributed by atoms with E-state index in [0.29, 0.717) is 19.1 Å². The van der Waals surface area contributed by atoms with Crippen molar-refractivity contribution in [3.05, 3.63) is 0 Å². The van der Waals surface area contributed by atoms with Crippen LogP contribution in [0.5, 0.6) is 0 Å². The molecule has 0 aromatic carbocycles. The van der Waals surface area contributed by atoms with Crippen LogP contribution in [0.2, 0.25) is 0 Å². The monoisotopic (exact) mass is 384 g/mol. The first-order valence-electron chi connectivity index (χ1n) is 11.4. The molecule has 0 radical (unpaired) electrons. The summed E-state index contributed by atoms with van der Waals surface area (Å²) in [5.41, 5.74) is 0. The first-order valence-corrected chi connectivity index (χ1v) is 11.4. The summed E-state index contributed by atoms with van der Waals surface area (Å²) >= 11 is 0. The van der Waals surface area contributed by atoms with Gasteiger partial charge in [-0.1, -0.05) is 91.4 Å². The van der Waals surface area contributed by atoms with Gasteiger partial charge in [0.05, 0.1) is 26.1 Å². The fourth-order valence-electron chi connectivity index (χ4n) is 2.88. The number of carbonyl (C=O) groups is 2. The Bertz CT molecular complexity index is 354. The van der Waals surface area contributed by atoms with Gasteiger partial charge in [0.1, 0.15) is 0 Å². The molecule has 0 saturated heterocycles. The molecule has 27 heavy (non-hydrogen) atoms. The van der Waals surface area contributed by atoms with E-state index in [1.807, 2.05) is 0 Å². The predicted molar refractivity (Wildman–Crippen MR) is 112 cm³/mol. The van der Waals surface area contributed by atoms with Gasteiger partial charge < -0.3 is 9.47 Å². The Morgan fingerprint density at radius 1 is 0.667 bits per heavy atom. The molecule has 0 N–H and O–H groups in total. The maximum absolute atomic E-state index is 11.6. The van der Waals surface area contributed by atoms with Crippen molar-refractivity contribution >= 4 is 11.9 Å². The standard InChI is InChI=1S/C23H44O4/c1-4-6-7-8-9-10-11-12-13-14-15-19-26-22(24)16-17-23(25)27-20-18-21(3)5-2/h21H,4-20H2,1-3H3. The summed E-state index contributed by atoms with van der Waals surface area (Å²) in [6, 6.07) is 0. The van der Waals surface area contributed by atoms with E-state index in [-0.39, 0.29) is 24.8 Å². The van der Waals surface area contributed by atoms with Gasteiger partial charge in [-0.15, -0.1) is 0 Å². The van der Waals surface area contributed by atoms with Gasteiger partial charge >= 0.3 is 11.9 Å². The average Bonchev–Trinajstić information content (AvgIpc) is 2.67. The van der Waals surface area contributed by atoms with Crippen LogP contribution in [0, 0.1) is 5.92 Å². The van der Waals surface area contributed by atoms with Gasteiger partial charge in [-0.2, -0.15) is 0 Å². The molecule has 1 atom stereocenters. The predicted octanol–water partition coefficient (Wildman–Crippen LogP) is 6.60. The maximum Gasteiger partial charge on any atom is 0.306 e. The molecule has 0 saturated carbocycles. The lowest BCUT2D eigenvalue weighted by Crippen LogP contribution is -2.12. The SMILES string of the molecule is CCCCCCCCCCCCCOC(=O)CCC(=O)OCCC(C)CC. The third-order valence-electron chi connectivity index (χ3n) is 5.11. The third kappa shape index (κ3) is 19.5. The molecule has 1 unspecified atom stereocenters. The van der Waals surface area contributed by atoms with Crippen molar-refractivity contribution in [1.29, 1.82) is 0 Å². The smallest absolute Gasteiger partial charge is 0.306 e. The van der Waals surface area contributed by atoms with E-state index in [9.17, 15) is 9.59 Å². The van der Waals surface area contributed by atoms with Crippen molar-refractivity contribution in [3.8, 4) is 0 Å². The zero-order valence-electron chi connectivity index (χ0n) is 18.2. The Labute approximate surface area is 167 Å². The third-order valence-corrected chi connectivity index (χ3v) is 5.11. The topological polar surface area (TPSA) is 52.6 Å². The summed E-state index contributed by atoms with van der Waals surface area (Å²) < 4.78 is 10.3. The summed E-state index contributed by atoms with van der Waals surface area (Å²) in [7, 11) is 0. The molecular weight excluding hydrogens is 340 g/mol. The minimum Gasteiger partial charge on any atom is -0.466 e. The van der Waals surface area contributed by atoms with Crippen LogP contribution in [0.4, 0.5) is 0 Å². The number of hydrogen-bond acceptors (Lipinski definition) is 4. The summed E-state index contributed by atoms with van der Waals surface area (Å²) in [5, 5.41) is 0. The molecule has 0 aliphatic heterocycles. The molecule has 0 amide bonds. The van der Waals surface area contributed by atoms with E-state index in [1.165, 1.54) is 57.8 Å². The first-order chi connectivity index (χ1) is 13.1. The van der Waals surface area contributed by atoms with Crippen LogP contribution in [-0.2, 0) is 19.1 Å². The number of carbonyl (C=O) groups excluding carboxylic acids is 2. The van der Waals surface area contributed by atoms with Gasteiger partial charge in [-0.3, -0.25) is 9.59 Å². The minimum atomic E-state index is -0.301. The molecule has 4 nitrogen and oxygen atoms in total. The van der Waals surface area contributed by atoms with Crippen molar-refractivity contribution in [3.63, 3.8) is 0 Å². The highest BCUT2D eigenvalue weighted by Crippen LogP contribution is 2.11. The Kier molecular flexibility index (Phi) is 18.9. The highest BCUT2D eigenvalue weighted by molar-refractivity contribution is 5.77. The molecular formula is C23H44O4. The summed E-state index contributed by atoms with van der Waals surface area (Å²) in [4.78, 5) is 23.2. The van der Waals surface area contributed by atoms with E-state index in [0.717, 1.165) is 25.7 Å². The van der Waals surface area contributed by atoms with Crippen LogP contribution >= 0.6 is 0 Å². The normalized spacial score (nSPS) is 12.0. The zero-order valence-corrected chi connectivity index (χ0v) is 18.2. The number of esters is 2. The summed E-state index contributed by atoms with van der Waals surface area (Å²) in [6.45, 7) is 7.43. The molecule has 0 aromatic heterocycles. The second-order valence-corrected chi connectivity index (χ2v) is 7.78. The number of rotatable bonds is 19. The zero-order chi connectivity index (χ0) is 20.2. The fourth-order valence-corrected chi connectivity index (χ4v) is 2.88. The number of hydrogen-bond donors (Lipinski definition) is 0. The Balaban J connectivity index is 3.33. The van der Waals surface area contributed by atoms with E-state index in [1.54, 1.807) is 0 Å². The minimum absolute atomic E-state index is 0.123. The Hall–Kier alpha value is -1.06. The Morgan fingerprint density at radius 2 is 1.11 bits per heavy atom. The van der Waals surface area contributed by atoms with Crippen LogP contribution in [0.25, 0.3) is 0 Å². The van der Waals surface area contributed by atoms with Gasteiger partial charge in [-0.25, -0.2) is 0 Å². The van der Waals surface area contributed by atoms with E-state index < -0.39 is 0 Å². The van der Waals surface area contributed by atoms with Crippen molar-refractivity contribution < 1.29 is 19.1 Å². The lowest BCUT2D eigenvalue weighted by molar-refractivity contribution is -0.150. The summed E-state index contributed by atoms with van der Waals surface area (Å²) in [5.74, 6) is -0.0283. The molecule has 0 aromatic rings. The molecule has 0 fully saturated rings. The second kappa shape index (κ2) is 19.7. The molecule has 0 spiro atoms. The van der Waals surface area contributed by atoms with Gasteiger partial charge in [-0.05, 0) is 18.8 Å². The average molecular weight is 385 g/mol. The van der Waals surface area contributed by atoms with Gasteiger partial charge in [0.2, 0.25) is 0 Å². The first kappa shape index (κ1) is 25.9. The molecule has 0 aliphatic carbocycles.